The summed E-state index contributed by atoms with van der Waals surface area (Å²) in [4.78, 5) is 26.5. The minimum Gasteiger partial charge on any atom is -0.481 e. The van der Waals surface area contributed by atoms with Crippen LogP contribution in [-0.2, 0) is 9.59 Å². The second-order valence-corrected chi connectivity index (χ2v) is 9.56. The van der Waals surface area contributed by atoms with E-state index in [0.29, 0.717) is 34.9 Å². The summed E-state index contributed by atoms with van der Waals surface area (Å²) in [5, 5.41) is 9.18. The number of carbonyl (C=O) groups is 2. The Morgan fingerprint density at radius 1 is 1.03 bits per heavy atom. The molecule has 2 aliphatic rings. The van der Waals surface area contributed by atoms with Gasteiger partial charge in [-0.1, -0.05) is 78.1 Å². The van der Waals surface area contributed by atoms with Crippen LogP contribution in [0.4, 0.5) is 0 Å². The predicted molar refractivity (Wildman–Crippen MR) is 125 cm³/mol. The molecule has 1 heterocycles. The van der Waals surface area contributed by atoms with Gasteiger partial charge in [0.25, 0.3) is 5.91 Å². The molecule has 0 bridgehead atoms. The number of aryl methyl sites for hydroxylation is 1. The average Bonchev–Trinajstić information content (AvgIpc) is 3.02. The molecule has 0 radical (unpaired) electrons. The largest absolute Gasteiger partial charge is 0.481 e. The lowest BCUT2D eigenvalue weighted by Crippen LogP contribution is -2.41. The number of carbonyl (C=O) groups excluding carboxylic acids is 1. The van der Waals surface area contributed by atoms with Crippen molar-refractivity contribution in [2.75, 3.05) is 0 Å². The summed E-state index contributed by atoms with van der Waals surface area (Å²) in [5.74, 6) is -1.11. The molecule has 154 valence electrons. The highest BCUT2D eigenvalue weighted by Crippen LogP contribution is 2.38. The van der Waals surface area contributed by atoms with Crippen LogP contribution in [0.15, 0.2) is 53.4 Å². The maximum absolute atomic E-state index is 13.0. The number of benzene rings is 2. The highest BCUT2D eigenvalue weighted by Gasteiger charge is 2.39. The Bertz CT molecular complexity index is 1000. The molecule has 4 rings (SSSR count). The second-order valence-electron chi connectivity index (χ2n) is 7.88. The first-order valence-electron chi connectivity index (χ1n) is 10.1. The zero-order chi connectivity index (χ0) is 21.3. The van der Waals surface area contributed by atoms with Crippen molar-refractivity contribution in [3.63, 3.8) is 0 Å². The van der Waals surface area contributed by atoms with E-state index >= 15 is 0 Å². The van der Waals surface area contributed by atoms with Gasteiger partial charge >= 0.3 is 5.97 Å². The zero-order valence-electron chi connectivity index (χ0n) is 16.7. The number of hydrogen-bond donors (Lipinski definition) is 1. The van der Waals surface area contributed by atoms with Crippen LogP contribution >= 0.6 is 24.0 Å². The summed E-state index contributed by atoms with van der Waals surface area (Å²) in [6.07, 6.45) is 4.44. The van der Waals surface area contributed by atoms with E-state index in [2.05, 4.69) is 43.3 Å². The summed E-state index contributed by atoms with van der Waals surface area (Å²) < 4.78 is 0.571. The molecule has 1 amide bonds. The summed E-state index contributed by atoms with van der Waals surface area (Å²) >= 11 is 6.81. The fourth-order valence-electron chi connectivity index (χ4n) is 4.04. The van der Waals surface area contributed by atoms with E-state index in [4.69, 9.17) is 12.2 Å². The number of amides is 1. The normalized spacial score (nSPS) is 23.2. The van der Waals surface area contributed by atoms with Crippen LogP contribution in [0.5, 0.6) is 0 Å². The van der Waals surface area contributed by atoms with E-state index in [1.165, 1.54) is 17.3 Å². The number of hydrogen-bond acceptors (Lipinski definition) is 4. The van der Waals surface area contributed by atoms with Crippen LogP contribution in [0.25, 0.3) is 17.2 Å². The SMILES string of the molecule is Cc1ccc(-c2ccc(/C=C3/SC(=S)N(C4CCC(C(=O)O)CC4)C3=O)cc2)cc1. The third-order valence-electron chi connectivity index (χ3n) is 5.83. The molecule has 1 aliphatic heterocycles. The van der Waals surface area contributed by atoms with E-state index in [0.717, 1.165) is 16.7 Å². The highest BCUT2D eigenvalue weighted by molar-refractivity contribution is 8.26. The molecule has 30 heavy (non-hydrogen) atoms. The van der Waals surface area contributed by atoms with E-state index in [-0.39, 0.29) is 17.9 Å². The van der Waals surface area contributed by atoms with Crippen molar-refractivity contribution in [3.05, 3.63) is 64.6 Å². The lowest BCUT2D eigenvalue weighted by molar-refractivity contribution is -0.143. The third-order valence-corrected chi connectivity index (χ3v) is 7.16. The molecule has 0 spiro atoms. The topological polar surface area (TPSA) is 57.6 Å². The Kier molecular flexibility index (Phi) is 6.06. The standard InChI is InChI=1S/C24H23NO3S2/c1-15-2-6-17(7-3-15)18-8-4-16(5-9-18)14-21-22(26)25(24(29)30-21)20-12-10-19(11-13-20)23(27)28/h2-9,14,19-20H,10-13H2,1H3,(H,27,28)/b21-14+. The van der Waals surface area contributed by atoms with E-state index in [9.17, 15) is 14.7 Å². The predicted octanol–water partition coefficient (Wildman–Crippen LogP) is 5.51. The first kappa shape index (κ1) is 20.8. The van der Waals surface area contributed by atoms with E-state index in [1.807, 2.05) is 18.2 Å². The van der Waals surface area contributed by atoms with E-state index in [1.54, 1.807) is 4.90 Å². The molecule has 1 N–H and O–H groups in total. The molecule has 2 aromatic carbocycles. The molecule has 4 nitrogen and oxygen atoms in total. The van der Waals surface area contributed by atoms with Crippen molar-refractivity contribution < 1.29 is 14.7 Å². The Hall–Kier alpha value is -2.44. The van der Waals surface area contributed by atoms with Gasteiger partial charge in [0.2, 0.25) is 0 Å². The lowest BCUT2D eigenvalue weighted by atomic mass is 9.85. The summed E-state index contributed by atoms with van der Waals surface area (Å²) in [6, 6.07) is 16.6. The van der Waals surface area contributed by atoms with Gasteiger partial charge in [0.05, 0.1) is 10.8 Å². The number of thiocarbonyl (C=S) groups is 1. The molecule has 1 saturated carbocycles. The molecule has 6 heteroatoms. The smallest absolute Gasteiger partial charge is 0.306 e. The van der Waals surface area contributed by atoms with Gasteiger partial charge in [0.15, 0.2) is 0 Å². The van der Waals surface area contributed by atoms with Crippen LogP contribution in [0.1, 0.15) is 36.8 Å². The van der Waals surface area contributed by atoms with Gasteiger partial charge in [0, 0.05) is 6.04 Å². The molecule has 0 atom stereocenters. The maximum atomic E-state index is 13.0. The molecule has 0 unspecified atom stereocenters. The van der Waals surface area contributed by atoms with Gasteiger partial charge in [-0.15, -0.1) is 0 Å². The van der Waals surface area contributed by atoms with Crippen LogP contribution in [-0.4, -0.2) is 32.2 Å². The Labute approximate surface area is 186 Å². The maximum Gasteiger partial charge on any atom is 0.306 e. The van der Waals surface area contributed by atoms with Crippen molar-refractivity contribution >= 4 is 46.3 Å². The Morgan fingerprint density at radius 2 is 1.60 bits per heavy atom. The van der Waals surface area contributed by atoms with Crippen LogP contribution in [0, 0.1) is 12.8 Å². The van der Waals surface area contributed by atoms with Crippen LogP contribution < -0.4 is 0 Å². The molecule has 2 fully saturated rings. The van der Waals surface area contributed by atoms with Crippen LogP contribution in [0.2, 0.25) is 0 Å². The number of carboxylic acids is 1. The zero-order valence-corrected chi connectivity index (χ0v) is 18.3. The number of aliphatic carboxylic acids is 1. The Morgan fingerprint density at radius 3 is 2.17 bits per heavy atom. The first-order chi connectivity index (χ1) is 14.4. The molecule has 1 aliphatic carbocycles. The first-order valence-corrected chi connectivity index (χ1v) is 11.3. The van der Waals surface area contributed by atoms with Crippen molar-refractivity contribution in [3.8, 4) is 11.1 Å². The number of carboxylic acid groups (broad SMARTS) is 1. The molecular formula is C24H23NO3S2. The van der Waals surface area contributed by atoms with Gasteiger partial charge in [-0.2, -0.15) is 0 Å². The number of nitrogens with zero attached hydrogens (tertiary/aromatic N) is 1. The monoisotopic (exact) mass is 437 g/mol. The van der Waals surface area contributed by atoms with Gasteiger partial charge in [-0.05, 0) is 55.4 Å². The fraction of sp³-hybridized carbons (Fsp3) is 0.292. The molecular weight excluding hydrogens is 414 g/mol. The quantitative estimate of drug-likeness (QED) is 0.505. The average molecular weight is 438 g/mol. The lowest BCUT2D eigenvalue weighted by Gasteiger charge is -2.32. The highest BCUT2D eigenvalue weighted by atomic mass is 32.2. The summed E-state index contributed by atoms with van der Waals surface area (Å²) in [6.45, 7) is 2.07. The van der Waals surface area contributed by atoms with Crippen molar-refractivity contribution in [1.29, 1.82) is 0 Å². The second kappa shape index (κ2) is 8.74. The fourth-order valence-corrected chi connectivity index (χ4v) is 5.45. The number of rotatable bonds is 4. The van der Waals surface area contributed by atoms with Gasteiger partial charge in [-0.25, -0.2) is 0 Å². The summed E-state index contributed by atoms with van der Waals surface area (Å²) in [5.41, 5.74) is 4.49. The molecule has 0 aromatic heterocycles. The van der Waals surface area contributed by atoms with Gasteiger partial charge in [-0.3, -0.25) is 14.5 Å². The van der Waals surface area contributed by atoms with Crippen LogP contribution in [0.3, 0.4) is 0 Å². The van der Waals surface area contributed by atoms with Gasteiger partial charge in [0.1, 0.15) is 4.32 Å². The number of thioether (sulfide) groups is 1. The molecule has 1 saturated heterocycles. The van der Waals surface area contributed by atoms with Gasteiger partial charge < -0.3 is 5.11 Å². The Balaban J connectivity index is 1.47. The molecule has 2 aromatic rings. The van der Waals surface area contributed by atoms with Crippen molar-refractivity contribution in [1.82, 2.24) is 4.90 Å². The minimum atomic E-state index is -0.743. The minimum absolute atomic E-state index is 0.00270. The van der Waals surface area contributed by atoms with Crippen molar-refractivity contribution in [2.45, 2.75) is 38.6 Å². The van der Waals surface area contributed by atoms with Crippen molar-refractivity contribution in [2.24, 2.45) is 5.92 Å². The third kappa shape index (κ3) is 4.35. The summed E-state index contributed by atoms with van der Waals surface area (Å²) in [7, 11) is 0. The van der Waals surface area contributed by atoms with E-state index < -0.39 is 5.97 Å².